The predicted molar refractivity (Wildman–Crippen MR) is 65.8 cm³/mol. The van der Waals surface area contributed by atoms with Crippen LogP contribution in [0.15, 0.2) is 24.3 Å². The highest BCUT2D eigenvalue weighted by atomic mass is 19.1. The predicted octanol–water partition coefficient (Wildman–Crippen LogP) is 2.03. The molecule has 4 heteroatoms. The fourth-order valence-electron chi connectivity index (χ4n) is 1.92. The van der Waals surface area contributed by atoms with E-state index in [2.05, 4.69) is 0 Å². The van der Waals surface area contributed by atoms with E-state index in [1.165, 1.54) is 7.11 Å². The summed E-state index contributed by atoms with van der Waals surface area (Å²) in [6, 6.07) is 6.65. The molecule has 17 heavy (non-hydrogen) atoms. The highest BCUT2D eigenvalue weighted by molar-refractivity contribution is 5.28. The van der Waals surface area contributed by atoms with Gasteiger partial charge in [0.1, 0.15) is 11.4 Å². The normalized spacial score (nSPS) is 14.5. The molecule has 96 valence electrons. The number of benzene rings is 1. The molecule has 0 aliphatic heterocycles. The van der Waals surface area contributed by atoms with Gasteiger partial charge in [-0.3, -0.25) is 0 Å². The molecular formula is C13H20FNO2. The van der Waals surface area contributed by atoms with Crippen LogP contribution < -0.4 is 5.73 Å². The number of halogens is 1. The van der Waals surface area contributed by atoms with Crippen molar-refractivity contribution in [3.63, 3.8) is 0 Å². The van der Waals surface area contributed by atoms with E-state index in [9.17, 15) is 9.50 Å². The zero-order chi connectivity index (χ0) is 12.7. The van der Waals surface area contributed by atoms with Crippen LogP contribution in [-0.2, 0) is 11.2 Å². The molecule has 1 rings (SSSR count). The van der Waals surface area contributed by atoms with Gasteiger partial charge in [0, 0.05) is 13.5 Å². The van der Waals surface area contributed by atoms with Gasteiger partial charge in [0.15, 0.2) is 0 Å². The van der Waals surface area contributed by atoms with E-state index in [-0.39, 0.29) is 18.8 Å². The van der Waals surface area contributed by atoms with E-state index in [1.54, 1.807) is 24.3 Å². The van der Waals surface area contributed by atoms with Crippen molar-refractivity contribution >= 4 is 0 Å². The number of aromatic hydroxyl groups is 1. The van der Waals surface area contributed by atoms with Crippen molar-refractivity contribution in [2.75, 3.05) is 20.3 Å². The second-order valence-electron chi connectivity index (χ2n) is 4.32. The molecule has 1 atom stereocenters. The lowest BCUT2D eigenvalue weighted by Crippen LogP contribution is -2.32. The molecule has 0 saturated heterocycles. The third kappa shape index (κ3) is 4.71. The van der Waals surface area contributed by atoms with E-state index in [4.69, 9.17) is 10.5 Å². The van der Waals surface area contributed by atoms with Crippen LogP contribution in [0.1, 0.15) is 18.4 Å². The van der Waals surface area contributed by atoms with Gasteiger partial charge in [0.2, 0.25) is 0 Å². The maximum absolute atomic E-state index is 14.5. The van der Waals surface area contributed by atoms with Gasteiger partial charge < -0.3 is 15.6 Å². The molecule has 1 unspecified atom stereocenters. The fraction of sp³-hybridized carbons (Fsp3) is 0.538. The number of methoxy groups -OCH3 is 1. The second-order valence-corrected chi connectivity index (χ2v) is 4.32. The number of hydrogen-bond acceptors (Lipinski definition) is 3. The lowest BCUT2D eigenvalue weighted by atomic mass is 9.92. The van der Waals surface area contributed by atoms with Crippen molar-refractivity contribution in [2.45, 2.75) is 24.9 Å². The molecule has 0 saturated carbocycles. The molecule has 0 aliphatic carbocycles. The van der Waals surface area contributed by atoms with Crippen LogP contribution in [0.5, 0.6) is 5.75 Å². The minimum Gasteiger partial charge on any atom is -0.508 e. The van der Waals surface area contributed by atoms with Gasteiger partial charge in [-0.1, -0.05) is 12.1 Å². The molecule has 0 bridgehead atoms. The van der Waals surface area contributed by atoms with Gasteiger partial charge in [-0.05, 0) is 37.1 Å². The molecule has 1 aromatic carbocycles. The molecule has 0 radical (unpaired) electrons. The Morgan fingerprint density at radius 3 is 2.82 bits per heavy atom. The van der Waals surface area contributed by atoms with Crippen molar-refractivity contribution in [2.24, 2.45) is 5.73 Å². The molecule has 0 aliphatic rings. The Labute approximate surface area is 101 Å². The van der Waals surface area contributed by atoms with Crippen molar-refractivity contribution in [3.05, 3.63) is 29.8 Å². The Bertz CT molecular complexity index is 346. The summed E-state index contributed by atoms with van der Waals surface area (Å²) in [5, 5.41) is 9.34. The lowest BCUT2D eigenvalue weighted by Gasteiger charge is -2.24. The van der Waals surface area contributed by atoms with E-state index >= 15 is 0 Å². The summed E-state index contributed by atoms with van der Waals surface area (Å²) in [7, 11) is 1.49. The molecule has 0 aromatic heterocycles. The smallest absolute Gasteiger partial charge is 0.138 e. The van der Waals surface area contributed by atoms with Crippen LogP contribution in [0.25, 0.3) is 0 Å². The van der Waals surface area contributed by atoms with Crippen molar-refractivity contribution in [1.29, 1.82) is 0 Å². The van der Waals surface area contributed by atoms with Gasteiger partial charge in [-0.15, -0.1) is 0 Å². The molecule has 0 heterocycles. The Kier molecular flexibility index (Phi) is 5.38. The number of alkyl halides is 1. The van der Waals surface area contributed by atoms with Crippen LogP contribution in [0.4, 0.5) is 4.39 Å². The summed E-state index contributed by atoms with van der Waals surface area (Å²) in [6.07, 6.45) is 1.22. The Morgan fingerprint density at radius 1 is 1.47 bits per heavy atom. The van der Waals surface area contributed by atoms with Crippen LogP contribution >= 0.6 is 0 Å². The van der Waals surface area contributed by atoms with Crippen molar-refractivity contribution in [3.8, 4) is 5.75 Å². The molecule has 3 nitrogen and oxygen atoms in total. The van der Waals surface area contributed by atoms with Gasteiger partial charge in [0.25, 0.3) is 0 Å². The summed E-state index contributed by atoms with van der Waals surface area (Å²) in [5.74, 6) is 0.154. The minimum absolute atomic E-state index is 0.0443. The summed E-state index contributed by atoms with van der Waals surface area (Å²) in [4.78, 5) is 0. The number of nitrogens with two attached hydrogens (primary N) is 1. The van der Waals surface area contributed by atoms with Crippen molar-refractivity contribution in [1.82, 2.24) is 0 Å². The minimum atomic E-state index is -1.41. The summed E-state index contributed by atoms with van der Waals surface area (Å²) in [6.45, 7) is 0.512. The van der Waals surface area contributed by atoms with Crippen molar-refractivity contribution < 1.29 is 14.2 Å². The van der Waals surface area contributed by atoms with E-state index in [1.807, 2.05) is 0 Å². The molecule has 0 spiro atoms. The van der Waals surface area contributed by atoms with Gasteiger partial charge in [-0.25, -0.2) is 4.39 Å². The van der Waals surface area contributed by atoms with E-state index in [0.717, 1.165) is 5.56 Å². The van der Waals surface area contributed by atoms with Gasteiger partial charge in [-0.2, -0.15) is 0 Å². The molecule has 0 fully saturated rings. The summed E-state index contributed by atoms with van der Waals surface area (Å²) >= 11 is 0. The maximum Gasteiger partial charge on any atom is 0.138 e. The first-order valence-corrected chi connectivity index (χ1v) is 5.75. The number of phenols is 1. The largest absolute Gasteiger partial charge is 0.508 e. The summed E-state index contributed by atoms with van der Waals surface area (Å²) < 4.78 is 19.5. The summed E-state index contributed by atoms with van der Waals surface area (Å²) in [5.41, 5.74) is 4.75. The molecule has 0 amide bonds. The topological polar surface area (TPSA) is 55.5 Å². The Balaban J connectivity index is 2.71. The third-order valence-corrected chi connectivity index (χ3v) is 2.66. The third-order valence-electron chi connectivity index (χ3n) is 2.66. The van der Waals surface area contributed by atoms with Crippen LogP contribution in [0.2, 0.25) is 0 Å². The van der Waals surface area contributed by atoms with Gasteiger partial charge in [0.05, 0.1) is 6.61 Å². The molecule has 1 aromatic rings. The highest BCUT2D eigenvalue weighted by Crippen LogP contribution is 2.25. The first-order valence-electron chi connectivity index (χ1n) is 5.75. The zero-order valence-electron chi connectivity index (χ0n) is 10.2. The number of ether oxygens (including phenoxy) is 1. The highest BCUT2D eigenvalue weighted by Gasteiger charge is 2.29. The SMILES string of the molecule is COCC(F)(CCCN)Cc1cccc(O)c1. The van der Waals surface area contributed by atoms with Gasteiger partial charge >= 0.3 is 0 Å². The van der Waals surface area contributed by atoms with E-state index < -0.39 is 5.67 Å². The van der Waals surface area contributed by atoms with Crippen LogP contribution in [0, 0.1) is 0 Å². The van der Waals surface area contributed by atoms with E-state index in [0.29, 0.717) is 19.4 Å². The fourth-order valence-corrected chi connectivity index (χ4v) is 1.92. The Morgan fingerprint density at radius 2 is 2.24 bits per heavy atom. The van der Waals surface area contributed by atoms with Crippen LogP contribution in [0.3, 0.4) is 0 Å². The number of phenolic OH excluding ortho intramolecular Hbond substituents is 1. The van der Waals surface area contributed by atoms with Crippen LogP contribution in [-0.4, -0.2) is 31.0 Å². The molecular weight excluding hydrogens is 221 g/mol. The monoisotopic (exact) mass is 241 g/mol. The maximum atomic E-state index is 14.5. The lowest BCUT2D eigenvalue weighted by molar-refractivity contribution is 0.0334. The average molecular weight is 241 g/mol. The second kappa shape index (κ2) is 6.57. The first-order chi connectivity index (χ1) is 8.09. The quantitative estimate of drug-likeness (QED) is 0.768. The molecule has 3 N–H and O–H groups in total. The number of rotatable bonds is 7. The standard InChI is InChI=1S/C13H20FNO2/c1-17-10-13(14,6-3-7-15)9-11-4-2-5-12(16)8-11/h2,4-5,8,16H,3,6-7,9-10,15H2,1H3. The zero-order valence-corrected chi connectivity index (χ0v) is 10.2. The first kappa shape index (κ1) is 13.9. The Hall–Kier alpha value is -1.13. The average Bonchev–Trinajstić information content (AvgIpc) is 2.27. The number of hydrogen-bond donors (Lipinski definition) is 2.